The van der Waals surface area contributed by atoms with E-state index in [-0.39, 0.29) is 11.9 Å². The first-order valence-electron chi connectivity index (χ1n) is 5.79. The highest BCUT2D eigenvalue weighted by molar-refractivity contribution is 6.33. The van der Waals surface area contributed by atoms with Crippen LogP contribution in [0.2, 0.25) is 5.02 Å². The third-order valence-electron chi connectivity index (χ3n) is 2.41. The Balaban J connectivity index is 2.67. The van der Waals surface area contributed by atoms with Gasteiger partial charge in [-0.1, -0.05) is 18.5 Å². The second-order valence-electron chi connectivity index (χ2n) is 4.02. The predicted molar refractivity (Wildman–Crippen MR) is 72.6 cm³/mol. The minimum Gasteiger partial charge on any atom is -0.325 e. The van der Waals surface area contributed by atoms with Crippen molar-refractivity contribution in [3.63, 3.8) is 0 Å². The molecule has 1 aromatic carbocycles. The zero-order valence-electron chi connectivity index (χ0n) is 10.5. The van der Waals surface area contributed by atoms with Crippen molar-refractivity contribution in [3.05, 3.63) is 28.8 Å². The van der Waals surface area contributed by atoms with Gasteiger partial charge < -0.3 is 10.6 Å². The van der Waals surface area contributed by atoms with E-state index in [0.717, 1.165) is 6.54 Å². The van der Waals surface area contributed by atoms with Crippen LogP contribution in [-0.4, -0.2) is 18.5 Å². The number of rotatable bonds is 5. The first-order chi connectivity index (χ1) is 8.56. The molecule has 1 unspecified atom stereocenters. The lowest BCUT2D eigenvalue weighted by atomic mass is 10.2. The molecule has 96 valence electrons. The molecule has 0 heterocycles. The Morgan fingerprint density at radius 1 is 1.56 bits per heavy atom. The van der Waals surface area contributed by atoms with E-state index in [2.05, 4.69) is 10.6 Å². The zero-order chi connectivity index (χ0) is 13.5. The van der Waals surface area contributed by atoms with Crippen LogP contribution >= 0.6 is 11.6 Å². The maximum Gasteiger partial charge on any atom is 0.225 e. The number of nitrogens with one attached hydrogen (secondary N) is 2. The molecule has 0 fully saturated rings. The quantitative estimate of drug-likeness (QED) is 0.860. The van der Waals surface area contributed by atoms with Crippen molar-refractivity contribution in [3.8, 4) is 6.07 Å². The van der Waals surface area contributed by atoms with Crippen LogP contribution in [0.25, 0.3) is 0 Å². The Kier molecular flexibility index (Phi) is 5.63. The smallest absolute Gasteiger partial charge is 0.225 e. The van der Waals surface area contributed by atoms with E-state index >= 15 is 0 Å². The molecule has 0 aliphatic heterocycles. The molecule has 18 heavy (non-hydrogen) atoms. The maximum absolute atomic E-state index is 11.8. The summed E-state index contributed by atoms with van der Waals surface area (Å²) in [6, 6.07) is 6.89. The number of nitriles is 1. The summed E-state index contributed by atoms with van der Waals surface area (Å²) in [6.07, 6.45) is 0.362. The fraction of sp³-hybridized carbons (Fsp3) is 0.385. The van der Waals surface area contributed by atoms with E-state index in [1.54, 1.807) is 18.2 Å². The SMILES string of the molecule is CCNC(C)CC(=O)Nc1cc(C#N)ccc1Cl. The highest BCUT2D eigenvalue weighted by atomic mass is 35.5. The minimum absolute atomic E-state index is 0.105. The van der Waals surface area contributed by atoms with Crippen molar-refractivity contribution < 1.29 is 4.79 Å². The summed E-state index contributed by atoms with van der Waals surface area (Å²) in [5, 5.41) is 15.1. The van der Waals surface area contributed by atoms with Crippen LogP contribution < -0.4 is 10.6 Å². The fourth-order valence-electron chi connectivity index (χ4n) is 1.59. The monoisotopic (exact) mass is 265 g/mol. The molecule has 0 aromatic heterocycles. The van der Waals surface area contributed by atoms with Gasteiger partial charge in [-0.15, -0.1) is 0 Å². The lowest BCUT2D eigenvalue weighted by Gasteiger charge is -2.12. The molecular weight excluding hydrogens is 250 g/mol. The standard InChI is InChI=1S/C13H16ClN3O/c1-3-16-9(2)6-13(18)17-12-7-10(8-15)4-5-11(12)14/h4-5,7,9,16H,3,6H2,1-2H3,(H,17,18). The van der Waals surface area contributed by atoms with Crippen LogP contribution in [0.1, 0.15) is 25.8 Å². The number of halogens is 1. The number of benzene rings is 1. The Bertz CT molecular complexity index is 468. The molecule has 0 aliphatic carbocycles. The molecule has 0 saturated carbocycles. The molecule has 0 radical (unpaired) electrons. The Labute approximate surface area is 112 Å². The second-order valence-corrected chi connectivity index (χ2v) is 4.42. The molecule has 0 bridgehead atoms. The average Bonchev–Trinajstić information content (AvgIpc) is 2.32. The number of carbonyl (C=O) groups is 1. The van der Waals surface area contributed by atoms with Gasteiger partial charge >= 0.3 is 0 Å². The lowest BCUT2D eigenvalue weighted by molar-refractivity contribution is -0.116. The van der Waals surface area contributed by atoms with Gasteiger partial charge in [0.15, 0.2) is 0 Å². The van der Waals surface area contributed by atoms with E-state index in [1.165, 1.54) is 0 Å². The molecule has 1 atom stereocenters. The third-order valence-corrected chi connectivity index (χ3v) is 2.74. The fourth-order valence-corrected chi connectivity index (χ4v) is 1.76. The van der Waals surface area contributed by atoms with Gasteiger partial charge in [-0.05, 0) is 31.7 Å². The van der Waals surface area contributed by atoms with Gasteiger partial charge in [0.1, 0.15) is 0 Å². The van der Waals surface area contributed by atoms with E-state index in [0.29, 0.717) is 22.7 Å². The Morgan fingerprint density at radius 3 is 2.89 bits per heavy atom. The van der Waals surface area contributed by atoms with Gasteiger partial charge in [0, 0.05) is 12.5 Å². The lowest BCUT2D eigenvalue weighted by Crippen LogP contribution is -2.30. The minimum atomic E-state index is -0.125. The van der Waals surface area contributed by atoms with Crippen molar-refractivity contribution in [2.75, 3.05) is 11.9 Å². The normalized spacial score (nSPS) is 11.7. The predicted octanol–water partition coefficient (Wildman–Crippen LogP) is 2.54. The van der Waals surface area contributed by atoms with Crippen LogP contribution in [0, 0.1) is 11.3 Å². The van der Waals surface area contributed by atoms with Gasteiger partial charge in [0.25, 0.3) is 0 Å². The van der Waals surface area contributed by atoms with Crippen molar-refractivity contribution in [1.29, 1.82) is 5.26 Å². The van der Waals surface area contributed by atoms with Crippen LogP contribution in [-0.2, 0) is 4.79 Å². The number of hydrogen-bond acceptors (Lipinski definition) is 3. The first-order valence-corrected chi connectivity index (χ1v) is 6.17. The Hall–Kier alpha value is -1.57. The van der Waals surface area contributed by atoms with Gasteiger partial charge in [0.2, 0.25) is 5.91 Å². The van der Waals surface area contributed by atoms with Gasteiger partial charge in [-0.3, -0.25) is 4.79 Å². The summed E-state index contributed by atoms with van der Waals surface area (Å²) in [7, 11) is 0. The van der Waals surface area contributed by atoms with E-state index in [1.807, 2.05) is 19.9 Å². The van der Waals surface area contributed by atoms with Gasteiger partial charge in [-0.2, -0.15) is 5.26 Å². The van der Waals surface area contributed by atoms with E-state index < -0.39 is 0 Å². The topological polar surface area (TPSA) is 64.9 Å². The summed E-state index contributed by atoms with van der Waals surface area (Å²) >= 11 is 5.96. The maximum atomic E-state index is 11.8. The summed E-state index contributed by atoms with van der Waals surface area (Å²) in [5.74, 6) is -0.125. The number of carbonyl (C=O) groups excluding carboxylic acids is 1. The molecule has 1 rings (SSSR count). The summed E-state index contributed by atoms with van der Waals surface area (Å²) < 4.78 is 0. The third kappa shape index (κ3) is 4.36. The van der Waals surface area contributed by atoms with Crippen LogP contribution in [0.3, 0.4) is 0 Å². The molecule has 1 amide bonds. The molecule has 1 aromatic rings. The number of anilines is 1. The first kappa shape index (κ1) is 14.5. The van der Waals surface area contributed by atoms with Crippen molar-refractivity contribution in [2.24, 2.45) is 0 Å². The van der Waals surface area contributed by atoms with Crippen LogP contribution in [0.5, 0.6) is 0 Å². The van der Waals surface area contributed by atoms with Crippen molar-refractivity contribution in [1.82, 2.24) is 5.32 Å². The van der Waals surface area contributed by atoms with Crippen LogP contribution in [0.4, 0.5) is 5.69 Å². The molecule has 0 spiro atoms. The van der Waals surface area contributed by atoms with E-state index in [9.17, 15) is 4.79 Å². The highest BCUT2D eigenvalue weighted by Gasteiger charge is 2.10. The molecule has 5 heteroatoms. The van der Waals surface area contributed by atoms with Gasteiger partial charge in [-0.25, -0.2) is 0 Å². The number of amides is 1. The number of nitrogens with zero attached hydrogens (tertiary/aromatic N) is 1. The van der Waals surface area contributed by atoms with Crippen LogP contribution in [0.15, 0.2) is 18.2 Å². The molecular formula is C13H16ClN3O. The second kappa shape index (κ2) is 7.00. The van der Waals surface area contributed by atoms with Gasteiger partial charge in [0.05, 0.1) is 22.3 Å². The number of hydrogen-bond donors (Lipinski definition) is 2. The highest BCUT2D eigenvalue weighted by Crippen LogP contribution is 2.22. The Morgan fingerprint density at radius 2 is 2.28 bits per heavy atom. The van der Waals surface area contributed by atoms with E-state index in [4.69, 9.17) is 16.9 Å². The zero-order valence-corrected chi connectivity index (χ0v) is 11.2. The largest absolute Gasteiger partial charge is 0.325 e. The van der Waals surface area contributed by atoms with Crippen molar-refractivity contribution in [2.45, 2.75) is 26.3 Å². The average molecular weight is 266 g/mol. The molecule has 0 saturated heterocycles. The summed E-state index contributed by atoms with van der Waals surface area (Å²) in [4.78, 5) is 11.8. The summed E-state index contributed by atoms with van der Waals surface area (Å²) in [5.41, 5.74) is 0.943. The molecule has 2 N–H and O–H groups in total. The molecule has 0 aliphatic rings. The summed E-state index contributed by atoms with van der Waals surface area (Å²) in [6.45, 7) is 4.75. The van der Waals surface area contributed by atoms with Crippen molar-refractivity contribution >= 4 is 23.2 Å². The molecule has 4 nitrogen and oxygen atoms in total.